The lowest BCUT2D eigenvalue weighted by atomic mass is 9.79. The zero-order valence-electron chi connectivity index (χ0n) is 20.2. The van der Waals surface area contributed by atoms with Gasteiger partial charge in [0.05, 0.1) is 11.8 Å². The Morgan fingerprint density at radius 3 is 2.31 bits per heavy atom. The summed E-state index contributed by atoms with van der Waals surface area (Å²) in [7, 11) is -3.56. The number of benzene rings is 2. The highest BCUT2D eigenvalue weighted by Gasteiger charge is 2.49. The van der Waals surface area contributed by atoms with Gasteiger partial charge in [-0.2, -0.15) is 8.78 Å². The predicted molar refractivity (Wildman–Crippen MR) is 126 cm³/mol. The first kappa shape index (κ1) is 27.6. The number of hydrogen-bond acceptors (Lipinski definition) is 4. The Kier molecular flexibility index (Phi) is 7.52. The fraction of sp³-hybridized carbons (Fsp3) is 0.417. The highest BCUT2D eigenvalue weighted by atomic mass is 32.2. The van der Waals surface area contributed by atoms with E-state index in [-0.39, 0.29) is 36.3 Å². The average Bonchev–Trinajstić information content (AvgIpc) is 2.76. The molecule has 1 saturated heterocycles. The maximum atomic E-state index is 15.3. The van der Waals surface area contributed by atoms with E-state index in [1.165, 1.54) is 19.1 Å². The van der Waals surface area contributed by atoms with E-state index in [1.54, 1.807) is 13.8 Å². The van der Waals surface area contributed by atoms with Crippen LogP contribution in [-0.2, 0) is 20.7 Å². The van der Waals surface area contributed by atoms with Gasteiger partial charge >= 0.3 is 5.92 Å². The number of halogens is 4. The molecule has 0 saturated carbocycles. The van der Waals surface area contributed by atoms with Crippen molar-refractivity contribution in [3.63, 3.8) is 0 Å². The number of hydrogen-bond donors (Lipinski definition) is 2. The number of piperidine rings is 1. The minimum Gasteiger partial charge on any atom is -0.336 e. The van der Waals surface area contributed by atoms with E-state index < -0.39 is 56.4 Å². The van der Waals surface area contributed by atoms with Crippen LogP contribution >= 0.6 is 0 Å². The second-order valence-electron chi connectivity index (χ2n) is 9.63. The molecule has 2 amide bonds. The smallest absolute Gasteiger partial charge is 0.336 e. The molecule has 2 N–H and O–H groups in total. The minimum absolute atomic E-state index is 0.0872. The molecule has 0 aliphatic carbocycles. The molecule has 1 unspecified atom stereocenters. The number of alkyl halides is 2. The lowest BCUT2D eigenvalue weighted by Crippen LogP contribution is -2.58. The Balaban J connectivity index is 1.82. The molecule has 2 aromatic carbocycles. The normalized spacial score (nSPS) is 18.1. The molecule has 0 radical (unpaired) electrons. The molecular formula is C24H27F4N3O4S. The van der Waals surface area contributed by atoms with Gasteiger partial charge in [0.25, 0.3) is 11.8 Å². The molecule has 1 aliphatic rings. The lowest BCUT2D eigenvalue weighted by molar-refractivity contribution is -0.163. The second-order valence-corrected chi connectivity index (χ2v) is 11.4. The van der Waals surface area contributed by atoms with Crippen LogP contribution in [0.1, 0.15) is 41.8 Å². The molecule has 0 bridgehead atoms. The van der Waals surface area contributed by atoms with Gasteiger partial charge in [0, 0.05) is 30.4 Å². The summed E-state index contributed by atoms with van der Waals surface area (Å²) in [6, 6.07) is 5.46. The van der Waals surface area contributed by atoms with E-state index in [9.17, 15) is 26.8 Å². The maximum Gasteiger partial charge on any atom is 0.352 e. The zero-order valence-corrected chi connectivity index (χ0v) is 21.0. The van der Waals surface area contributed by atoms with Gasteiger partial charge in [-0.3, -0.25) is 9.59 Å². The molecule has 1 aliphatic heterocycles. The Morgan fingerprint density at radius 2 is 1.72 bits per heavy atom. The summed E-state index contributed by atoms with van der Waals surface area (Å²) in [6.07, 6.45) is 1.07. The number of amides is 2. The van der Waals surface area contributed by atoms with Gasteiger partial charge in [-0.1, -0.05) is 13.8 Å². The van der Waals surface area contributed by atoms with Crippen LogP contribution in [0.5, 0.6) is 0 Å². The summed E-state index contributed by atoms with van der Waals surface area (Å²) >= 11 is 0. The number of anilines is 1. The summed E-state index contributed by atoms with van der Waals surface area (Å²) in [5.74, 6) is -8.65. The molecule has 196 valence electrons. The van der Waals surface area contributed by atoms with E-state index in [4.69, 9.17) is 0 Å². The SMILES string of the molecule is Cc1cc(NC(=O)c2ccc(F)c(C(F)(F)C(=O)N3CCC(NS(C)(=O)=O)C(C)(C)C3)c2)ccc1F. The van der Waals surface area contributed by atoms with Gasteiger partial charge in [0.2, 0.25) is 10.0 Å². The maximum absolute atomic E-state index is 15.3. The molecule has 1 heterocycles. The van der Waals surface area contributed by atoms with Gasteiger partial charge in [0.15, 0.2) is 0 Å². The van der Waals surface area contributed by atoms with Crippen molar-refractivity contribution in [1.82, 2.24) is 9.62 Å². The number of sulfonamides is 1. The summed E-state index contributed by atoms with van der Waals surface area (Å²) in [5.41, 5.74) is -1.99. The third-order valence-corrected chi connectivity index (χ3v) is 6.84. The molecule has 3 rings (SSSR count). The molecule has 36 heavy (non-hydrogen) atoms. The van der Waals surface area contributed by atoms with Crippen molar-refractivity contribution in [2.45, 2.75) is 39.2 Å². The lowest BCUT2D eigenvalue weighted by Gasteiger charge is -2.44. The van der Waals surface area contributed by atoms with Crippen molar-refractivity contribution in [1.29, 1.82) is 0 Å². The number of aryl methyl sites for hydroxylation is 1. The monoisotopic (exact) mass is 529 g/mol. The first-order valence-electron chi connectivity index (χ1n) is 11.0. The van der Waals surface area contributed by atoms with Crippen LogP contribution < -0.4 is 10.0 Å². The van der Waals surface area contributed by atoms with Gasteiger partial charge in [-0.25, -0.2) is 21.9 Å². The first-order chi connectivity index (χ1) is 16.5. The Bertz CT molecular complexity index is 1300. The van der Waals surface area contributed by atoms with Gasteiger partial charge in [-0.15, -0.1) is 0 Å². The summed E-state index contributed by atoms with van der Waals surface area (Å²) in [6.45, 7) is 4.39. The molecule has 7 nitrogen and oxygen atoms in total. The van der Waals surface area contributed by atoms with E-state index in [0.717, 1.165) is 23.3 Å². The largest absolute Gasteiger partial charge is 0.352 e. The Morgan fingerprint density at radius 1 is 1.08 bits per heavy atom. The van der Waals surface area contributed by atoms with Gasteiger partial charge in [0.1, 0.15) is 11.6 Å². The minimum atomic E-state index is -4.29. The van der Waals surface area contributed by atoms with Crippen molar-refractivity contribution in [2.24, 2.45) is 5.41 Å². The fourth-order valence-corrected chi connectivity index (χ4v) is 5.11. The average molecular weight is 530 g/mol. The fourth-order valence-electron chi connectivity index (χ4n) is 4.15. The Labute approximate surface area is 206 Å². The number of nitrogens with one attached hydrogen (secondary N) is 2. The van der Waals surface area contributed by atoms with E-state index in [2.05, 4.69) is 10.0 Å². The van der Waals surface area contributed by atoms with Crippen LogP contribution in [0.4, 0.5) is 23.2 Å². The molecule has 1 atom stereocenters. The van der Waals surface area contributed by atoms with Gasteiger partial charge in [-0.05, 0) is 60.7 Å². The van der Waals surface area contributed by atoms with Crippen molar-refractivity contribution < 1.29 is 35.6 Å². The molecule has 0 spiro atoms. The Hall–Kier alpha value is -2.99. The van der Waals surface area contributed by atoms with E-state index in [0.29, 0.717) is 12.1 Å². The highest BCUT2D eigenvalue weighted by Crippen LogP contribution is 2.37. The third kappa shape index (κ3) is 6.04. The quantitative estimate of drug-likeness (QED) is 0.557. The summed E-state index contributed by atoms with van der Waals surface area (Å²) < 4.78 is 84.2. The summed E-state index contributed by atoms with van der Waals surface area (Å²) in [5, 5.41) is 2.43. The van der Waals surface area contributed by atoms with Crippen LogP contribution in [0.2, 0.25) is 0 Å². The first-order valence-corrected chi connectivity index (χ1v) is 12.9. The topological polar surface area (TPSA) is 95.6 Å². The number of rotatable bonds is 6. The highest BCUT2D eigenvalue weighted by molar-refractivity contribution is 7.88. The number of carbonyl (C=O) groups is 2. The van der Waals surface area contributed by atoms with Crippen molar-refractivity contribution >= 4 is 27.5 Å². The van der Waals surface area contributed by atoms with Crippen LogP contribution in [-0.4, -0.2) is 50.5 Å². The van der Waals surface area contributed by atoms with Gasteiger partial charge < -0.3 is 10.2 Å². The molecule has 0 aromatic heterocycles. The van der Waals surface area contributed by atoms with Crippen molar-refractivity contribution in [2.75, 3.05) is 24.7 Å². The summed E-state index contributed by atoms with van der Waals surface area (Å²) in [4.78, 5) is 26.3. The number of carbonyl (C=O) groups excluding carboxylic acids is 2. The number of nitrogens with zero attached hydrogens (tertiary/aromatic N) is 1. The van der Waals surface area contributed by atoms with Crippen molar-refractivity contribution in [3.05, 3.63) is 64.7 Å². The van der Waals surface area contributed by atoms with Crippen LogP contribution in [0, 0.1) is 24.0 Å². The molecular weight excluding hydrogens is 502 g/mol. The van der Waals surface area contributed by atoms with Crippen LogP contribution in [0.15, 0.2) is 36.4 Å². The van der Waals surface area contributed by atoms with Crippen LogP contribution in [0.25, 0.3) is 0 Å². The molecule has 12 heteroatoms. The predicted octanol–water partition coefficient (Wildman–Crippen LogP) is 3.79. The van der Waals surface area contributed by atoms with E-state index in [1.807, 2.05) is 0 Å². The van der Waals surface area contributed by atoms with Crippen LogP contribution in [0.3, 0.4) is 0 Å². The second kappa shape index (κ2) is 9.81. The van der Waals surface area contributed by atoms with E-state index >= 15 is 8.78 Å². The zero-order chi connectivity index (χ0) is 27.1. The third-order valence-electron chi connectivity index (χ3n) is 6.12. The standard InChI is InChI=1S/C24H27F4N3O4S/c1-14-11-16(6-8-18(14)25)29-21(32)15-5-7-19(26)17(12-15)24(27,28)22(33)31-10-9-20(23(2,3)13-31)30-36(4,34)35/h5-8,11-12,20,30H,9-10,13H2,1-4H3,(H,29,32). The van der Waals surface area contributed by atoms with Crippen molar-refractivity contribution in [3.8, 4) is 0 Å². The molecule has 1 fully saturated rings. The molecule has 2 aromatic rings. The number of likely N-dealkylation sites (tertiary alicyclic amines) is 1.